The third kappa shape index (κ3) is 9.26. The number of likely N-dealkylation sites (N-methyl/N-ethyl adjacent to an activating group) is 1. The maximum absolute atomic E-state index is 15.3. The van der Waals surface area contributed by atoms with Crippen molar-refractivity contribution >= 4 is 23.1 Å². The first-order valence-corrected chi connectivity index (χ1v) is 24.4. The molecular weight excluding hydrogens is 821 g/mol. The fourth-order valence-corrected chi connectivity index (χ4v) is 13.6. The largest absolute Gasteiger partial charge is 0.462 e. The van der Waals surface area contributed by atoms with Gasteiger partial charge in [0.25, 0.3) is 0 Å². The van der Waals surface area contributed by atoms with Gasteiger partial charge in [-0.25, -0.2) is 4.98 Å². The van der Waals surface area contributed by atoms with Gasteiger partial charge in [-0.2, -0.15) is 0 Å². The quantitative estimate of drug-likeness (QED) is 0.213. The van der Waals surface area contributed by atoms with Gasteiger partial charge in [0.1, 0.15) is 29.4 Å². The van der Waals surface area contributed by atoms with Crippen molar-refractivity contribution in [2.45, 2.75) is 178 Å². The van der Waals surface area contributed by atoms with Gasteiger partial charge in [0, 0.05) is 67.9 Å². The van der Waals surface area contributed by atoms with Crippen LogP contribution < -0.4 is 0 Å². The van der Waals surface area contributed by atoms with Crippen LogP contribution in [0, 0.1) is 30.6 Å². The van der Waals surface area contributed by atoms with E-state index in [0.717, 1.165) is 60.4 Å². The van der Waals surface area contributed by atoms with Crippen LogP contribution in [0.2, 0.25) is 0 Å². The van der Waals surface area contributed by atoms with E-state index in [1.165, 1.54) is 10.4 Å². The second-order valence-corrected chi connectivity index (χ2v) is 20.8. The number of thiazole rings is 1. The second-order valence-electron chi connectivity index (χ2n) is 19.8. The number of fused-ring (bicyclic) bond motifs is 8. The Morgan fingerprint density at radius 3 is 2.40 bits per heavy atom. The smallest absolute Gasteiger partial charge is 0.306 e. The standard InChI is InChI=1S/C50H72N2O10S/c1-12-31-17-14-18-39(62-50(6)20-19-38(52(7)8)28(4)61-50)27(3)43(54)37-24-34-33-22-32(60-49-46(57-11)45(56-10)44(55-9)29(5)58-49)23-36(33)42-47(41(34)35(37)25-40(53)59-31)63-48(51-42)30-16-13-15-26(2)21-30/h13,15-16,21,24,27-29,31-36,38-39,41,44-46,49H,12,14,17-20,22-23,25H2,1-11H3/t27-,28?,29?,31+,32+,33+,34+,35-,36-,38+,39+,41-,44+,45?,46?,49+,50-/m1/s1. The number of carbonyl (C=O) groups is 2. The number of Topliss-reactive ketones (excluding diaryl/α,β-unsaturated/α-hetero) is 1. The highest BCUT2D eigenvalue weighted by molar-refractivity contribution is 7.15. The van der Waals surface area contributed by atoms with Gasteiger partial charge in [-0.1, -0.05) is 43.7 Å². The summed E-state index contributed by atoms with van der Waals surface area (Å²) in [5, 5.41) is 0.958. The fourth-order valence-electron chi connectivity index (χ4n) is 12.3. The lowest BCUT2D eigenvalue weighted by atomic mass is 9.67. The van der Waals surface area contributed by atoms with Crippen LogP contribution in [0.15, 0.2) is 35.9 Å². The van der Waals surface area contributed by atoms with Gasteiger partial charge >= 0.3 is 5.97 Å². The minimum atomic E-state index is -0.818. The molecule has 63 heavy (non-hydrogen) atoms. The monoisotopic (exact) mass is 892 g/mol. The van der Waals surface area contributed by atoms with Crippen molar-refractivity contribution in [2.75, 3.05) is 35.4 Å². The Morgan fingerprint density at radius 1 is 0.952 bits per heavy atom. The Hall–Kier alpha value is -2.59. The molecule has 3 aliphatic carbocycles. The summed E-state index contributed by atoms with van der Waals surface area (Å²) in [4.78, 5) is 38.3. The average Bonchev–Trinajstić information content (AvgIpc) is 3.97. The van der Waals surface area contributed by atoms with Crippen molar-refractivity contribution in [1.82, 2.24) is 9.88 Å². The van der Waals surface area contributed by atoms with Crippen molar-refractivity contribution in [3.05, 3.63) is 52.0 Å². The predicted molar refractivity (Wildman–Crippen MR) is 240 cm³/mol. The summed E-state index contributed by atoms with van der Waals surface area (Å²) >= 11 is 1.72. The van der Waals surface area contributed by atoms with Gasteiger partial charge < -0.3 is 42.8 Å². The SMILES string of the molecule is CC[C@H]1CCC[C@H](O[C@]2(C)CC[C@H](N(C)C)C(C)O2)[C@@H](C)C(=O)C2=C[C@H]3[C@@H]4C[C@H](O[C@@H]5OC(C)[C@H](OC)C(OC)C5OC)C[C@H]4c4nc(-c5cccc(C)c5)sc4[C@H]3[C@@H]2CC(=O)O1. The molecule has 1 saturated carbocycles. The predicted octanol–water partition coefficient (Wildman–Crippen LogP) is 8.39. The molecule has 348 valence electrons. The molecule has 3 aliphatic heterocycles. The molecule has 6 aliphatic rings. The lowest BCUT2D eigenvalue weighted by molar-refractivity contribution is -0.314. The number of benzene rings is 1. The van der Waals surface area contributed by atoms with Gasteiger partial charge in [0.15, 0.2) is 17.9 Å². The Kier molecular flexibility index (Phi) is 14.4. The fraction of sp³-hybridized carbons (Fsp3) is 0.740. The highest BCUT2D eigenvalue weighted by atomic mass is 32.1. The summed E-state index contributed by atoms with van der Waals surface area (Å²) in [6.07, 6.45) is 5.55. The Balaban J connectivity index is 1.15. The molecule has 0 bridgehead atoms. The van der Waals surface area contributed by atoms with Crippen molar-refractivity contribution in [2.24, 2.45) is 23.7 Å². The first-order chi connectivity index (χ1) is 30.2. The highest BCUT2D eigenvalue weighted by Crippen LogP contribution is 2.63. The molecule has 12 nitrogen and oxygen atoms in total. The Bertz CT molecular complexity index is 1970. The number of methoxy groups -OCH3 is 3. The van der Waals surface area contributed by atoms with Crippen LogP contribution in [0.5, 0.6) is 0 Å². The summed E-state index contributed by atoms with van der Waals surface area (Å²) in [6, 6.07) is 8.79. The molecule has 13 heteroatoms. The molecule has 0 N–H and O–H groups in total. The molecule has 0 radical (unpaired) electrons. The highest BCUT2D eigenvalue weighted by Gasteiger charge is 2.57. The third-order valence-corrected chi connectivity index (χ3v) is 16.7. The van der Waals surface area contributed by atoms with E-state index in [1.54, 1.807) is 32.7 Å². The summed E-state index contributed by atoms with van der Waals surface area (Å²) in [5.41, 5.74) is 4.03. The van der Waals surface area contributed by atoms with Crippen molar-refractivity contribution in [1.29, 1.82) is 0 Å². The molecule has 0 amide bonds. The van der Waals surface area contributed by atoms with Gasteiger partial charge in [-0.15, -0.1) is 11.3 Å². The minimum absolute atomic E-state index is 0.00523. The lowest BCUT2D eigenvalue weighted by Gasteiger charge is -2.45. The number of aryl methyl sites for hydroxylation is 1. The number of rotatable bonds is 10. The molecule has 4 fully saturated rings. The van der Waals surface area contributed by atoms with E-state index < -0.39 is 24.1 Å². The summed E-state index contributed by atoms with van der Waals surface area (Å²) in [5.74, 6) is -1.73. The number of ether oxygens (including phenoxy) is 8. The number of allylic oxidation sites excluding steroid dienone is 2. The second kappa shape index (κ2) is 19.3. The summed E-state index contributed by atoms with van der Waals surface area (Å²) in [6.45, 7) is 12.3. The van der Waals surface area contributed by atoms with Gasteiger partial charge in [-0.3, -0.25) is 9.59 Å². The van der Waals surface area contributed by atoms with Crippen LogP contribution in [-0.2, 0) is 47.5 Å². The summed E-state index contributed by atoms with van der Waals surface area (Å²) in [7, 11) is 9.18. The van der Waals surface area contributed by atoms with E-state index in [9.17, 15) is 4.79 Å². The molecule has 4 heterocycles. The van der Waals surface area contributed by atoms with Crippen LogP contribution in [0.1, 0.15) is 120 Å². The van der Waals surface area contributed by atoms with Crippen molar-refractivity contribution < 1.29 is 47.5 Å². The van der Waals surface area contributed by atoms with Gasteiger partial charge in [0.2, 0.25) is 0 Å². The zero-order valence-corrected chi connectivity index (χ0v) is 40.2. The average molecular weight is 893 g/mol. The normalized spacial score (nSPS) is 40.9. The van der Waals surface area contributed by atoms with E-state index in [0.29, 0.717) is 18.9 Å². The van der Waals surface area contributed by atoms with Crippen molar-refractivity contribution in [3.8, 4) is 10.6 Å². The molecule has 1 aromatic carbocycles. The maximum Gasteiger partial charge on any atom is 0.306 e. The van der Waals surface area contributed by atoms with Crippen LogP contribution in [0.3, 0.4) is 0 Å². The van der Waals surface area contributed by atoms with Crippen LogP contribution >= 0.6 is 11.3 Å². The van der Waals surface area contributed by atoms with Crippen LogP contribution in [0.4, 0.5) is 0 Å². The minimum Gasteiger partial charge on any atom is -0.462 e. The van der Waals surface area contributed by atoms with Crippen LogP contribution in [0.25, 0.3) is 10.6 Å². The number of cyclic esters (lactones) is 1. The van der Waals surface area contributed by atoms with E-state index >= 15 is 4.79 Å². The van der Waals surface area contributed by atoms with Crippen molar-refractivity contribution in [3.63, 3.8) is 0 Å². The number of aromatic nitrogens is 1. The molecule has 4 unspecified atom stereocenters. The first kappa shape index (κ1) is 46.9. The van der Waals surface area contributed by atoms with Crippen LogP contribution in [-0.4, -0.2) is 124 Å². The number of esters is 1. The summed E-state index contributed by atoms with van der Waals surface area (Å²) < 4.78 is 51.1. The molecule has 1 aromatic heterocycles. The number of nitrogens with zero attached hydrogens (tertiary/aromatic N) is 2. The van der Waals surface area contributed by atoms with E-state index in [-0.39, 0.29) is 90.5 Å². The Morgan fingerprint density at radius 2 is 1.71 bits per heavy atom. The third-order valence-electron chi connectivity index (χ3n) is 15.5. The topological polar surface area (TPSA) is 124 Å². The molecule has 3 saturated heterocycles. The first-order valence-electron chi connectivity index (χ1n) is 23.6. The Labute approximate surface area is 379 Å². The molecular formula is C50H72N2O10S. The molecule has 2 aromatic rings. The number of carbonyl (C=O) groups excluding carboxylic acids is 2. The molecule has 8 rings (SSSR count). The molecule has 17 atom stereocenters. The number of hydrogen-bond donors (Lipinski definition) is 0. The van der Waals surface area contributed by atoms with Gasteiger partial charge in [0.05, 0.1) is 36.5 Å². The van der Waals surface area contributed by atoms with E-state index in [4.69, 9.17) is 42.9 Å². The molecule has 0 spiro atoms. The van der Waals surface area contributed by atoms with E-state index in [2.05, 4.69) is 70.1 Å². The lowest BCUT2D eigenvalue weighted by Crippen LogP contribution is -2.59. The van der Waals surface area contributed by atoms with Gasteiger partial charge in [-0.05, 0) is 110 Å². The zero-order valence-electron chi connectivity index (χ0n) is 39.4. The zero-order chi connectivity index (χ0) is 44.9. The van der Waals surface area contributed by atoms with E-state index in [1.807, 2.05) is 20.8 Å². The number of hydrogen-bond acceptors (Lipinski definition) is 13. The maximum atomic E-state index is 15.3. The number of ketones is 1.